The van der Waals surface area contributed by atoms with Crippen LogP contribution in [0.25, 0.3) is 11.3 Å². The highest BCUT2D eigenvalue weighted by atomic mass is 32.2. The van der Waals surface area contributed by atoms with E-state index >= 15 is 0 Å². The molecule has 29 heavy (non-hydrogen) atoms. The first kappa shape index (κ1) is 21.0. The molecule has 1 aromatic heterocycles. The summed E-state index contributed by atoms with van der Waals surface area (Å²) >= 11 is 1.14. The van der Waals surface area contributed by atoms with E-state index in [4.69, 9.17) is 4.74 Å². The zero-order chi connectivity index (χ0) is 20.9. The monoisotopic (exact) mass is 430 g/mol. The Kier molecular flexibility index (Phi) is 6.66. The van der Waals surface area contributed by atoms with Gasteiger partial charge in [0.05, 0.1) is 23.6 Å². The normalized spacial score (nSPS) is 11.2. The van der Waals surface area contributed by atoms with E-state index < -0.39 is 10.0 Å². The summed E-state index contributed by atoms with van der Waals surface area (Å²) in [5, 5.41) is 0.211. The molecule has 1 N–H and O–H groups in total. The third-order valence-electron chi connectivity index (χ3n) is 4.22. The second-order valence-electron chi connectivity index (χ2n) is 6.24. The van der Waals surface area contributed by atoms with Crippen molar-refractivity contribution in [3.05, 3.63) is 65.0 Å². The largest absolute Gasteiger partial charge is 0.466 e. The van der Waals surface area contributed by atoms with Crippen molar-refractivity contribution in [3.63, 3.8) is 0 Å². The topological polar surface area (TPSA) is 85.4 Å². The summed E-state index contributed by atoms with van der Waals surface area (Å²) in [6, 6.07) is 16.1. The predicted octanol–water partition coefficient (Wildman–Crippen LogP) is 4.28. The van der Waals surface area contributed by atoms with Crippen molar-refractivity contribution in [1.29, 1.82) is 0 Å². The molecule has 152 valence electrons. The average molecular weight is 431 g/mol. The third-order valence-corrected chi connectivity index (χ3v) is 6.67. The number of sulfonamides is 1. The van der Waals surface area contributed by atoms with E-state index in [1.165, 1.54) is 0 Å². The fraction of sp³-hybridized carbons (Fsp3) is 0.238. The molecule has 0 fully saturated rings. The Morgan fingerprint density at radius 3 is 2.38 bits per heavy atom. The van der Waals surface area contributed by atoms with Gasteiger partial charge in [0.2, 0.25) is 0 Å². The molecule has 1 heterocycles. The summed E-state index contributed by atoms with van der Waals surface area (Å²) in [5.74, 6) is -0.377. The van der Waals surface area contributed by atoms with E-state index in [1.54, 1.807) is 31.2 Å². The highest BCUT2D eigenvalue weighted by molar-refractivity contribution is 7.93. The van der Waals surface area contributed by atoms with E-state index in [0.29, 0.717) is 10.6 Å². The number of carbonyl (C=O) groups excluding carboxylic acids is 1. The van der Waals surface area contributed by atoms with Crippen LogP contribution in [0.3, 0.4) is 0 Å². The first-order chi connectivity index (χ1) is 13.9. The third kappa shape index (κ3) is 5.21. The first-order valence-corrected chi connectivity index (χ1v) is 11.6. The lowest BCUT2D eigenvalue weighted by molar-refractivity contribution is -0.142. The summed E-state index contributed by atoms with van der Waals surface area (Å²) < 4.78 is 33.1. The number of carbonyl (C=O) groups is 1. The summed E-state index contributed by atoms with van der Waals surface area (Å²) in [6.45, 7) is 4.03. The van der Waals surface area contributed by atoms with Gasteiger partial charge in [-0.15, -0.1) is 0 Å². The Morgan fingerprint density at radius 1 is 1.07 bits per heavy atom. The Morgan fingerprint density at radius 2 is 1.76 bits per heavy atom. The molecule has 2 aromatic carbocycles. The molecule has 0 atom stereocenters. The molecule has 0 aliphatic heterocycles. The van der Waals surface area contributed by atoms with Crippen molar-refractivity contribution < 1.29 is 17.9 Å². The molecule has 0 spiro atoms. The quantitative estimate of drug-likeness (QED) is 0.539. The molecule has 6 nitrogen and oxygen atoms in total. The van der Waals surface area contributed by atoms with Crippen molar-refractivity contribution in [2.24, 2.45) is 0 Å². The van der Waals surface area contributed by atoms with Gasteiger partial charge in [-0.3, -0.25) is 9.52 Å². The molecule has 0 aliphatic carbocycles. The Balaban J connectivity index is 1.92. The van der Waals surface area contributed by atoms with Crippen molar-refractivity contribution in [1.82, 2.24) is 4.98 Å². The van der Waals surface area contributed by atoms with E-state index in [0.717, 1.165) is 28.9 Å². The van der Waals surface area contributed by atoms with Gasteiger partial charge in [-0.05, 0) is 31.0 Å². The Labute approximate surface area is 174 Å². The lowest BCUT2D eigenvalue weighted by Crippen LogP contribution is -2.12. The van der Waals surface area contributed by atoms with Gasteiger partial charge in [-0.25, -0.2) is 13.4 Å². The maximum atomic E-state index is 12.7. The maximum absolute atomic E-state index is 12.7. The minimum atomic E-state index is -3.78. The molecule has 3 aromatic rings. The number of anilines is 1. The second-order valence-corrected chi connectivity index (χ2v) is 9.01. The standard InChI is InChI=1S/C21H22N2O4S2/c1-3-15-10-12-17(13-11-15)29(25,26)23-21-22-20(16-8-6-5-7-9-16)18(28-21)14-19(24)27-4-2/h5-13H,3-4,14H2,1-2H3,(H,22,23). The number of aromatic nitrogens is 1. The average Bonchev–Trinajstić information content (AvgIpc) is 3.10. The van der Waals surface area contributed by atoms with Crippen LogP contribution in [0.5, 0.6) is 0 Å². The van der Waals surface area contributed by atoms with Crippen molar-refractivity contribution in [2.45, 2.75) is 31.6 Å². The van der Waals surface area contributed by atoms with Crippen molar-refractivity contribution >= 4 is 32.5 Å². The Hall–Kier alpha value is -2.71. The van der Waals surface area contributed by atoms with E-state index in [2.05, 4.69) is 9.71 Å². The number of hydrogen-bond acceptors (Lipinski definition) is 6. The van der Waals surface area contributed by atoms with Gasteiger partial charge in [-0.1, -0.05) is 60.7 Å². The lowest BCUT2D eigenvalue weighted by Gasteiger charge is -2.05. The molecule has 0 saturated carbocycles. The number of rotatable bonds is 8. The van der Waals surface area contributed by atoms with Crippen molar-refractivity contribution in [3.8, 4) is 11.3 Å². The molecule has 0 radical (unpaired) electrons. The van der Waals surface area contributed by atoms with Crippen molar-refractivity contribution in [2.75, 3.05) is 11.3 Å². The Bertz CT molecular complexity index is 1080. The molecule has 0 unspecified atom stereocenters. The van der Waals surface area contributed by atoms with Gasteiger partial charge in [0.1, 0.15) is 0 Å². The minimum absolute atomic E-state index is 0.0304. The molecule has 0 bridgehead atoms. The molecule has 0 amide bonds. The molecule has 8 heteroatoms. The molecular weight excluding hydrogens is 408 g/mol. The van der Waals surface area contributed by atoms with Crippen LogP contribution in [-0.4, -0.2) is 26.0 Å². The summed E-state index contributed by atoms with van der Waals surface area (Å²) in [7, 11) is -3.78. The maximum Gasteiger partial charge on any atom is 0.311 e. The zero-order valence-corrected chi connectivity index (χ0v) is 17.8. The molecule has 3 rings (SSSR count). The highest BCUT2D eigenvalue weighted by Crippen LogP contribution is 2.33. The molecule has 0 saturated heterocycles. The fourth-order valence-corrected chi connectivity index (χ4v) is 4.96. The number of hydrogen-bond donors (Lipinski definition) is 1. The van der Waals surface area contributed by atoms with Crippen LogP contribution in [0.1, 0.15) is 24.3 Å². The number of esters is 1. The van der Waals surface area contributed by atoms with Crippen LogP contribution in [0.2, 0.25) is 0 Å². The van der Waals surface area contributed by atoms with Gasteiger partial charge in [-0.2, -0.15) is 0 Å². The van der Waals surface area contributed by atoms with Gasteiger partial charge < -0.3 is 4.74 Å². The second kappa shape index (κ2) is 9.19. The van der Waals surface area contributed by atoms with E-state index in [1.807, 2.05) is 37.3 Å². The number of ether oxygens (including phenoxy) is 1. The van der Waals surface area contributed by atoms with Crippen LogP contribution in [0, 0.1) is 0 Å². The first-order valence-electron chi connectivity index (χ1n) is 9.25. The van der Waals surface area contributed by atoms with Gasteiger partial charge in [0.25, 0.3) is 10.0 Å². The van der Waals surface area contributed by atoms with Crippen LogP contribution >= 0.6 is 11.3 Å². The van der Waals surface area contributed by atoms with Gasteiger partial charge in [0, 0.05) is 10.4 Å². The lowest BCUT2D eigenvalue weighted by atomic mass is 10.1. The summed E-state index contributed by atoms with van der Waals surface area (Å²) in [5.41, 5.74) is 2.43. The van der Waals surface area contributed by atoms with Gasteiger partial charge in [0.15, 0.2) is 5.13 Å². The van der Waals surface area contributed by atoms with Gasteiger partial charge >= 0.3 is 5.97 Å². The smallest absolute Gasteiger partial charge is 0.311 e. The van der Waals surface area contributed by atoms with E-state index in [-0.39, 0.29) is 29.0 Å². The number of nitrogens with one attached hydrogen (secondary N) is 1. The summed E-state index contributed by atoms with van der Waals surface area (Å²) in [6.07, 6.45) is 0.862. The zero-order valence-electron chi connectivity index (χ0n) is 16.2. The SMILES string of the molecule is CCOC(=O)Cc1sc(NS(=O)(=O)c2ccc(CC)cc2)nc1-c1ccccc1. The number of nitrogens with zero attached hydrogens (tertiary/aromatic N) is 1. The van der Waals surface area contributed by atoms with E-state index in [9.17, 15) is 13.2 Å². The fourth-order valence-electron chi connectivity index (χ4n) is 2.76. The van der Waals surface area contributed by atoms with Crippen LogP contribution in [-0.2, 0) is 32.4 Å². The van der Waals surface area contributed by atoms with Crippen LogP contribution in [0.15, 0.2) is 59.5 Å². The summed E-state index contributed by atoms with van der Waals surface area (Å²) in [4.78, 5) is 17.3. The van der Waals surface area contributed by atoms with Crippen LogP contribution in [0.4, 0.5) is 5.13 Å². The molecule has 0 aliphatic rings. The minimum Gasteiger partial charge on any atom is -0.466 e. The number of aryl methyl sites for hydroxylation is 1. The van der Waals surface area contributed by atoms with Crippen LogP contribution < -0.4 is 4.72 Å². The molecular formula is C21H22N2O4S2. The number of thiazole rings is 1. The highest BCUT2D eigenvalue weighted by Gasteiger charge is 2.21. The number of benzene rings is 2. The predicted molar refractivity (Wildman–Crippen MR) is 115 cm³/mol.